The molecule has 2 aromatic carbocycles. The summed E-state index contributed by atoms with van der Waals surface area (Å²) < 4.78 is 3.67. The molecule has 0 aliphatic carbocycles. The highest BCUT2D eigenvalue weighted by atomic mass is 16.1. The van der Waals surface area contributed by atoms with Crippen LogP contribution in [0.2, 0.25) is 0 Å². The molecule has 0 bridgehead atoms. The molecule has 0 unspecified atom stereocenters. The van der Waals surface area contributed by atoms with E-state index in [1.165, 1.54) is 0 Å². The van der Waals surface area contributed by atoms with E-state index in [0.29, 0.717) is 28.8 Å². The molecule has 0 radical (unpaired) electrons. The number of rotatable bonds is 6. The number of hydrazone groups is 1. The summed E-state index contributed by atoms with van der Waals surface area (Å²) in [5, 5.41) is 4.34. The van der Waals surface area contributed by atoms with Gasteiger partial charge in [-0.1, -0.05) is 60.7 Å². The van der Waals surface area contributed by atoms with Crippen molar-refractivity contribution in [1.82, 2.24) is 28.7 Å². The number of H-pyrrole nitrogens is 1. The molecule has 9 heteroatoms. The van der Waals surface area contributed by atoms with E-state index in [1.807, 2.05) is 77.3 Å². The Balaban J connectivity index is 1.59. The molecule has 0 atom stereocenters. The van der Waals surface area contributed by atoms with Crippen LogP contribution < -0.4 is 5.43 Å². The van der Waals surface area contributed by atoms with Gasteiger partial charge >= 0.3 is 0 Å². The first-order valence-corrected chi connectivity index (χ1v) is 10.6. The third-order valence-corrected chi connectivity index (χ3v) is 5.50. The minimum atomic E-state index is 0.439. The van der Waals surface area contributed by atoms with Crippen LogP contribution in [-0.4, -0.2) is 41.2 Å². The second-order valence-electron chi connectivity index (χ2n) is 7.53. The summed E-state index contributed by atoms with van der Waals surface area (Å²) in [6, 6.07) is 21.4. The first kappa shape index (κ1) is 19.6. The molecular formula is C25H18N8O. The van der Waals surface area contributed by atoms with E-state index in [-0.39, 0.29) is 0 Å². The Morgan fingerprint density at radius 2 is 1.59 bits per heavy atom. The second-order valence-corrected chi connectivity index (χ2v) is 7.53. The Bertz CT molecular complexity index is 1630. The first-order chi connectivity index (χ1) is 16.8. The van der Waals surface area contributed by atoms with E-state index in [1.54, 1.807) is 23.0 Å². The maximum atomic E-state index is 12.2. The number of aromatic amines is 1. The highest BCUT2D eigenvalue weighted by Crippen LogP contribution is 2.28. The number of anilines is 1. The van der Waals surface area contributed by atoms with Crippen LogP contribution in [0.1, 0.15) is 16.2 Å². The molecule has 0 aliphatic rings. The van der Waals surface area contributed by atoms with Crippen LogP contribution in [-0.2, 0) is 0 Å². The smallest absolute Gasteiger partial charge is 0.221 e. The summed E-state index contributed by atoms with van der Waals surface area (Å²) in [6.45, 7) is 0. The molecule has 34 heavy (non-hydrogen) atoms. The predicted octanol–water partition coefficient (Wildman–Crippen LogP) is 4.30. The van der Waals surface area contributed by atoms with Gasteiger partial charge in [0.2, 0.25) is 11.7 Å². The molecule has 2 N–H and O–H groups in total. The Labute approximate surface area is 193 Å². The summed E-state index contributed by atoms with van der Waals surface area (Å²) in [5.41, 5.74) is 7.83. The summed E-state index contributed by atoms with van der Waals surface area (Å²) in [4.78, 5) is 29.0. The number of carbonyl (C=O) groups excluding carboxylic acids is 1. The zero-order chi connectivity index (χ0) is 22.9. The zero-order valence-electron chi connectivity index (χ0n) is 17.8. The number of benzene rings is 2. The third-order valence-electron chi connectivity index (χ3n) is 5.50. The van der Waals surface area contributed by atoms with Gasteiger partial charge in [0.15, 0.2) is 6.29 Å². The first-order valence-electron chi connectivity index (χ1n) is 10.6. The molecule has 164 valence electrons. The quantitative estimate of drug-likeness (QED) is 0.226. The zero-order valence-corrected chi connectivity index (χ0v) is 17.8. The number of hydrogen-bond donors (Lipinski definition) is 2. The van der Waals surface area contributed by atoms with Crippen molar-refractivity contribution in [2.24, 2.45) is 5.10 Å². The fraction of sp³-hybridized carbons (Fsp3) is 0. The summed E-state index contributed by atoms with van der Waals surface area (Å²) in [6.07, 6.45) is 7.75. The molecule has 0 amide bonds. The number of aromatic nitrogens is 6. The van der Waals surface area contributed by atoms with E-state index in [9.17, 15) is 4.79 Å². The van der Waals surface area contributed by atoms with Crippen molar-refractivity contribution in [2.45, 2.75) is 0 Å². The molecule has 0 fully saturated rings. The number of hydrogen-bond acceptors (Lipinski definition) is 6. The standard InChI is InChI=1S/C25H18N8O/c34-16-20-23(18-9-5-2-6-10-18)29-21-11-14-32-19(15-28-31-24-26-12-13-27-24)22(30-25(32)33(20)21)17-7-3-1-4-8-17/h1-16H,(H2,26,27,31)/b28-15+. The third kappa shape index (κ3) is 3.23. The normalized spacial score (nSPS) is 11.5. The van der Waals surface area contributed by atoms with Crippen molar-refractivity contribution < 1.29 is 4.79 Å². The average molecular weight is 446 g/mol. The van der Waals surface area contributed by atoms with Crippen molar-refractivity contribution in [1.29, 1.82) is 0 Å². The Morgan fingerprint density at radius 1 is 0.882 bits per heavy atom. The van der Waals surface area contributed by atoms with Crippen LogP contribution in [0.5, 0.6) is 0 Å². The van der Waals surface area contributed by atoms with Gasteiger partial charge in [0, 0.05) is 29.7 Å². The van der Waals surface area contributed by atoms with Crippen LogP contribution in [0.15, 0.2) is 90.4 Å². The van der Waals surface area contributed by atoms with Crippen LogP contribution in [0.25, 0.3) is 33.9 Å². The van der Waals surface area contributed by atoms with Gasteiger partial charge in [-0.15, -0.1) is 0 Å². The van der Waals surface area contributed by atoms with E-state index in [4.69, 9.17) is 9.97 Å². The molecule has 4 aromatic heterocycles. The lowest BCUT2D eigenvalue weighted by atomic mass is 10.1. The minimum Gasteiger partial charge on any atom is -0.330 e. The maximum Gasteiger partial charge on any atom is 0.221 e. The van der Waals surface area contributed by atoms with Gasteiger partial charge in [0.1, 0.15) is 17.0 Å². The van der Waals surface area contributed by atoms with Gasteiger partial charge in [0.05, 0.1) is 17.6 Å². The highest BCUT2D eigenvalue weighted by Gasteiger charge is 2.20. The molecule has 4 heterocycles. The Morgan fingerprint density at radius 3 is 2.24 bits per heavy atom. The van der Waals surface area contributed by atoms with E-state index >= 15 is 0 Å². The van der Waals surface area contributed by atoms with Crippen molar-refractivity contribution in [2.75, 3.05) is 5.43 Å². The summed E-state index contributed by atoms with van der Waals surface area (Å²) in [5.74, 6) is 1.09. The summed E-state index contributed by atoms with van der Waals surface area (Å²) >= 11 is 0. The minimum absolute atomic E-state index is 0.439. The number of nitrogens with zero attached hydrogens (tertiary/aromatic N) is 6. The molecule has 0 spiro atoms. The van der Waals surface area contributed by atoms with Gasteiger partial charge < -0.3 is 4.98 Å². The van der Waals surface area contributed by atoms with Crippen LogP contribution in [0, 0.1) is 0 Å². The molecule has 0 saturated heterocycles. The Hall–Kier alpha value is -5.05. The van der Waals surface area contributed by atoms with Crippen LogP contribution in [0.3, 0.4) is 0 Å². The second kappa shape index (κ2) is 8.14. The van der Waals surface area contributed by atoms with Crippen molar-refractivity contribution in [3.8, 4) is 22.5 Å². The largest absolute Gasteiger partial charge is 0.330 e. The fourth-order valence-corrected chi connectivity index (χ4v) is 3.98. The monoisotopic (exact) mass is 446 g/mol. The molecule has 9 nitrogen and oxygen atoms in total. The van der Waals surface area contributed by atoms with Gasteiger partial charge in [-0.2, -0.15) is 5.10 Å². The highest BCUT2D eigenvalue weighted by molar-refractivity contribution is 5.91. The molecule has 6 aromatic rings. The van der Waals surface area contributed by atoms with Crippen molar-refractivity contribution in [3.05, 3.63) is 96.7 Å². The number of carbonyl (C=O) groups is 1. The maximum absolute atomic E-state index is 12.2. The average Bonchev–Trinajstić information content (AvgIpc) is 3.62. The molecule has 0 saturated carbocycles. The van der Waals surface area contributed by atoms with Gasteiger partial charge in [0.25, 0.3) is 0 Å². The number of nitrogens with one attached hydrogen (secondary N) is 2. The fourth-order valence-electron chi connectivity index (χ4n) is 3.98. The number of fused-ring (bicyclic) bond motifs is 3. The van der Waals surface area contributed by atoms with E-state index in [0.717, 1.165) is 28.8 Å². The SMILES string of the molecule is O=Cc1c(-c2ccccc2)nc2ccn3c(/C=N/Nc4ncc[nH]4)c(-c4ccccc4)nc3n12. The van der Waals surface area contributed by atoms with Gasteiger partial charge in [-0.05, 0) is 6.07 Å². The lowest BCUT2D eigenvalue weighted by molar-refractivity contribution is 0.111. The van der Waals surface area contributed by atoms with Crippen LogP contribution >= 0.6 is 0 Å². The van der Waals surface area contributed by atoms with Crippen LogP contribution in [0.4, 0.5) is 5.95 Å². The number of aldehydes is 1. The van der Waals surface area contributed by atoms with Crippen molar-refractivity contribution >= 4 is 29.9 Å². The van der Waals surface area contributed by atoms with Gasteiger partial charge in [-0.3, -0.25) is 13.6 Å². The topological polar surface area (TPSA) is 105 Å². The number of imidazole rings is 3. The predicted molar refractivity (Wildman–Crippen MR) is 130 cm³/mol. The Kier molecular flexibility index (Phi) is 4.70. The van der Waals surface area contributed by atoms with Crippen molar-refractivity contribution in [3.63, 3.8) is 0 Å². The van der Waals surface area contributed by atoms with Gasteiger partial charge in [-0.25, -0.2) is 20.4 Å². The molecule has 0 aliphatic heterocycles. The molecular weight excluding hydrogens is 428 g/mol. The van der Waals surface area contributed by atoms with E-state index < -0.39 is 0 Å². The lowest BCUT2D eigenvalue weighted by Crippen LogP contribution is -2.01. The lowest BCUT2D eigenvalue weighted by Gasteiger charge is -2.02. The molecule has 6 rings (SSSR count). The van der Waals surface area contributed by atoms with E-state index in [2.05, 4.69) is 20.5 Å². The summed E-state index contributed by atoms with van der Waals surface area (Å²) in [7, 11) is 0.